The lowest BCUT2D eigenvalue weighted by molar-refractivity contribution is 0.0706. The van der Waals surface area contributed by atoms with Gasteiger partial charge in [-0.05, 0) is 30.3 Å². The lowest BCUT2D eigenvalue weighted by Crippen LogP contribution is -2.18. The van der Waals surface area contributed by atoms with Gasteiger partial charge in [-0.2, -0.15) is 0 Å². The Labute approximate surface area is 135 Å². The smallest absolute Gasteiger partial charge is 0.274 e. The predicted molar refractivity (Wildman–Crippen MR) is 89.6 cm³/mol. The van der Waals surface area contributed by atoms with Crippen molar-refractivity contribution in [3.05, 3.63) is 60.3 Å². The van der Waals surface area contributed by atoms with Crippen molar-refractivity contribution >= 4 is 38.4 Å². The van der Waals surface area contributed by atoms with Crippen LogP contribution in [-0.4, -0.2) is 21.1 Å². The van der Waals surface area contributed by atoms with Crippen molar-refractivity contribution in [1.82, 2.24) is 15.4 Å². The minimum atomic E-state index is -0.534. The number of hydrogen-bond donors (Lipinski definition) is 2. The maximum atomic E-state index is 11.5. The number of pyridine rings is 1. The van der Waals surface area contributed by atoms with E-state index in [1.807, 2.05) is 30.3 Å². The first-order chi connectivity index (χ1) is 11.3. The van der Waals surface area contributed by atoms with Crippen LogP contribution in [0.15, 0.2) is 54.7 Å². The minimum Gasteiger partial charge on any atom is -0.288 e. The SMILES string of the molecule is O=C(NO)c1ccc2nc(-c3cccc4cccnc34)sc2c1. The van der Waals surface area contributed by atoms with Crippen molar-refractivity contribution in [3.63, 3.8) is 0 Å². The molecule has 0 aliphatic heterocycles. The fraction of sp³-hybridized carbons (Fsp3) is 0. The van der Waals surface area contributed by atoms with Crippen molar-refractivity contribution in [2.24, 2.45) is 0 Å². The van der Waals surface area contributed by atoms with Gasteiger partial charge in [0.25, 0.3) is 5.91 Å². The number of para-hydroxylation sites is 1. The largest absolute Gasteiger partial charge is 0.288 e. The van der Waals surface area contributed by atoms with E-state index in [1.54, 1.807) is 29.9 Å². The van der Waals surface area contributed by atoms with E-state index in [-0.39, 0.29) is 0 Å². The van der Waals surface area contributed by atoms with Crippen LogP contribution in [-0.2, 0) is 0 Å². The zero-order valence-electron chi connectivity index (χ0n) is 11.9. The molecule has 2 aromatic heterocycles. The molecule has 112 valence electrons. The number of aromatic nitrogens is 2. The van der Waals surface area contributed by atoms with E-state index < -0.39 is 5.91 Å². The Morgan fingerprint density at radius 1 is 1.13 bits per heavy atom. The summed E-state index contributed by atoms with van der Waals surface area (Å²) in [5.74, 6) is -0.534. The zero-order chi connectivity index (χ0) is 15.8. The van der Waals surface area contributed by atoms with E-state index in [1.165, 1.54) is 11.3 Å². The van der Waals surface area contributed by atoms with Crippen molar-refractivity contribution in [3.8, 4) is 10.6 Å². The average Bonchev–Trinajstić information content (AvgIpc) is 3.03. The molecule has 0 unspecified atom stereocenters. The van der Waals surface area contributed by atoms with E-state index in [0.29, 0.717) is 5.56 Å². The van der Waals surface area contributed by atoms with Crippen LogP contribution in [0.5, 0.6) is 0 Å². The molecule has 4 rings (SSSR count). The van der Waals surface area contributed by atoms with E-state index in [0.717, 1.165) is 31.7 Å². The molecule has 0 saturated heterocycles. The summed E-state index contributed by atoms with van der Waals surface area (Å²) in [7, 11) is 0. The van der Waals surface area contributed by atoms with Gasteiger partial charge in [0.1, 0.15) is 5.01 Å². The topological polar surface area (TPSA) is 75.1 Å². The number of fused-ring (bicyclic) bond motifs is 2. The fourth-order valence-corrected chi connectivity index (χ4v) is 3.55. The Balaban J connectivity index is 1.90. The Morgan fingerprint density at radius 3 is 2.87 bits per heavy atom. The van der Waals surface area contributed by atoms with E-state index in [9.17, 15) is 4.79 Å². The second kappa shape index (κ2) is 5.42. The first kappa shape index (κ1) is 13.8. The van der Waals surface area contributed by atoms with Gasteiger partial charge in [0.2, 0.25) is 0 Å². The van der Waals surface area contributed by atoms with Crippen LogP contribution in [0, 0.1) is 0 Å². The molecule has 0 saturated carbocycles. The van der Waals surface area contributed by atoms with Crippen LogP contribution in [0.2, 0.25) is 0 Å². The quantitative estimate of drug-likeness (QED) is 0.437. The normalized spacial score (nSPS) is 11.0. The lowest BCUT2D eigenvalue weighted by atomic mass is 10.1. The molecule has 2 heterocycles. The maximum Gasteiger partial charge on any atom is 0.274 e. The van der Waals surface area contributed by atoms with Gasteiger partial charge in [-0.1, -0.05) is 18.2 Å². The van der Waals surface area contributed by atoms with Gasteiger partial charge in [-0.3, -0.25) is 15.0 Å². The standard InChI is InChI=1S/C17H11N3O2S/c21-16(20-22)11-6-7-13-14(9-11)23-17(19-13)12-5-1-3-10-4-2-8-18-15(10)12/h1-9,22H,(H,20,21). The molecule has 2 aromatic carbocycles. The second-order valence-electron chi connectivity index (χ2n) is 5.02. The Bertz CT molecular complexity index is 1040. The number of nitrogens with one attached hydrogen (secondary N) is 1. The maximum absolute atomic E-state index is 11.5. The number of hydroxylamine groups is 1. The number of benzene rings is 2. The highest BCUT2D eigenvalue weighted by Gasteiger charge is 2.12. The third-order valence-electron chi connectivity index (χ3n) is 3.62. The summed E-state index contributed by atoms with van der Waals surface area (Å²) in [5.41, 5.74) is 4.73. The van der Waals surface area contributed by atoms with Gasteiger partial charge in [0, 0.05) is 22.7 Å². The highest BCUT2D eigenvalue weighted by atomic mass is 32.1. The predicted octanol–water partition coefficient (Wildman–Crippen LogP) is 3.63. The summed E-state index contributed by atoms with van der Waals surface area (Å²) in [6.45, 7) is 0. The van der Waals surface area contributed by atoms with Gasteiger partial charge >= 0.3 is 0 Å². The first-order valence-electron chi connectivity index (χ1n) is 6.95. The molecule has 0 spiro atoms. The van der Waals surface area contributed by atoms with E-state index in [4.69, 9.17) is 5.21 Å². The number of nitrogens with zero attached hydrogens (tertiary/aromatic N) is 2. The van der Waals surface area contributed by atoms with Crippen LogP contribution < -0.4 is 5.48 Å². The lowest BCUT2D eigenvalue weighted by Gasteiger charge is -2.01. The number of carbonyl (C=O) groups excluding carboxylic acids is 1. The van der Waals surface area contributed by atoms with Crippen LogP contribution in [0.4, 0.5) is 0 Å². The zero-order valence-corrected chi connectivity index (χ0v) is 12.7. The second-order valence-corrected chi connectivity index (χ2v) is 6.05. The fourth-order valence-electron chi connectivity index (χ4n) is 2.52. The van der Waals surface area contributed by atoms with Crippen molar-refractivity contribution in [1.29, 1.82) is 0 Å². The molecule has 6 heteroatoms. The van der Waals surface area contributed by atoms with Crippen molar-refractivity contribution in [2.75, 3.05) is 0 Å². The number of hydrogen-bond acceptors (Lipinski definition) is 5. The minimum absolute atomic E-state index is 0.395. The molecule has 4 aromatic rings. The molecule has 5 nitrogen and oxygen atoms in total. The molecule has 0 atom stereocenters. The van der Waals surface area contributed by atoms with Gasteiger partial charge in [-0.15, -0.1) is 11.3 Å². The highest BCUT2D eigenvalue weighted by molar-refractivity contribution is 7.21. The van der Waals surface area contributed by atoms with Gasteiger partial charge in [-0.25, -0.2) is 10.5 Å². The molecule has 0 aliphatic carbocycles. The summed E-state index contributed by atoms with van der Waals surface area (Å²) < 4.78 is 0.883. The molecule has 0 aliphatic rings. The molecule has 1 amide bonds. The molecule has 0 fully saturated rings. The number of rotatable bonds is 2. The van der Waals surface area contributed by atoms with Crippen LogP contribution >= 0.6 is 11.3 Å². The van der Waals surface area contributed by atoms with E-state index in [2.05, 4.69) is 9.97 Å². The van der Waals surface area contributed by atoms with Gasteiger partial charge in [0.15, 0.2) is 0 Å². The van der Waals surface area contributed by atoms with Gasteiger partial charge < -0.3 is 0 Å². The van der Waals surface area contributed by atoms with Crippen molar-refractivity contribution in [2.45, 2.75) is 0 Å². The molecule has 0 bridgehead atoms. The summed E-state index contributed by atoms with van der Waals surface area (Å²) in [4.78, 5) is 20.6. The Kier molecular flexibility index (Phi) is 3.25. The summed E-state index contributed by atoms with van der Waals surface area (Å²) >= 11 is 1.49. The van der Waals surface area contributed by atoms with E-state index >= 15 is 0 Å². The average molecular weight is 321 g/mol. The molecule has 2 N–H and O–H groups in total. The molecular formula is C17H11N3O2S. The third kappa shape index (κ3) is 2.34. The number of amides is 1. The molecular weight excluding hydrogens is 310 g/mol. The van der Waals surface area contributed by atoms with Crippen molar-refractivity contribution < 1.29 is 10.0 Å². The van der Waals surface area contributed by atoms with Crippen LogP contribution in [0.25, 0.3) is 31.7 Å². The molecule has 23 heavy (non-hydrogen) atoms. The van der Waals surface area contributed by atoms with Crippen LogP contribution in [0.1, 0.15) is 10.4 Å². The first-order valence-corrected chi connectivity index (χ1v) is 7.77. The Hall–Kier alpha value is -2.83. The number of thiazole rings is 1. The number of carbonyl (C=O) groups is 1. The van der Waals surface area contributed by atoms with Gasteiger partial charge in [0.05, 0.1) is 15.7 Å². The summed E-state index contributed by atoms with van der Waals surface area (Å²) in [6.07, 6.45) is 1.77. The van der Waals surface area contributed by atoms with Crippen LogP contribution in [0.3, 0.4) is 0 Å². The third-order valence-corrected chi connectivity index (χ3v) is 4.67. The Morgan fingerprint density at radius 2 is 2.00 bits per heavy atom. The highest BCUT2D eigenvalue weighted by Crippen LogP contribution is 2.34. The molecule has 0 radical (unpaired) electrons. The monoisotopic (exact) mass is 321 g/mol. The summed E-state index contributed by atoms with van der Waals surface area (Å²) in [6, 6.07) is 15.1. The summed E-state index contributed by atoms with van der Waals surface area (Å²) in [5, 5.41) is 10.7.